The maximum absolute atomic E-state index is 10.5. The maximum Gasteiger partial charge on any atom is 0.218 e. The monoisotopic (exact) mass is 284 g/mol. The fraction of sp³-hybridized carbons (Fsp3) is 0.143. The zero-order valence-electron chi connectivity index (χ0n) is 10.6. The summed E-state index contributed by atoms with van der Waals surface area (Å²) in [7, 11) is 0. The summed E-state index contributed by atoms with van der Waals surface area (Å²) in [6.07, 6.45) is 2.27. The number of hydrogen-bond acceptors (Lipinski definition) is 3. The van der Waals surface area contributed by atoms with Gasteiger partial charge in [-0.1, -0.05) is 18.2 Å². The SMILES string of the molecule is Oc1c2n(c(=S)n1-c1ccccc1)Cc1[nH]cnc1C2. The van der Waals surface area contributed by atoms with Gasteiger partial charge in [0.25, 0.3) is 0 Å². The lowest BCUT2D eigenvalue weighted by Crippen LogP contribution is -2.13. The van der Waals surface area contributed by atoms with E-state index in [9.17, 15) is 5.11 Å². The van der Waals surface area contributed by atoms with Crippen LogP contribution < -0.4 is 0 Å². The number of aromatic amines is 1. The van der Waals surface area contributed by atoms with Crippen molar-refractivity contribution in [3.8, 4) is 11.6 Å². The van der Waals surface area contributed by atoms with E-state index < -0.39 is 0 Å². The molecule has 2 N–H and O–H groups in total. The standard InChI is InChI=1S/C14H12N4OS/c19-13-12-6-10-11(16-8-15-10)7-17(12)14(20)18(13)9-4-2-1-3-5-9/h1-5,8,19H,6-7H2,(H,15,16). The number of para-hydroxylation sites is 1. The van der Waals surface area contributed by atoms with Crippen LogP contribution in [0.4, 0.5) is 0 Å². The molecule has 3 aromatic rings. The summed E-state index contributed by atoms with van der Waals surface area (Å²) in [6.45, 7) is 0.622. The number of nitrogens with one attached hydrogen (secondary N) is 1. The molecule has 0 bridgehead atoms. The molecule has 1 aliphatic heterocycles. The Kier molecular flexibility index (Phi) is 2.34. The fourth-order valence-corrected chi connectivity index (χ4v) is 3.05. The highest BCUT2D eigenvalue weighted by molar-refractivity contribution is 7.71. The number of H-pyrrole nitrogens is 1. The van der Waals surface area contributed by atoms with E-state index >= 15 is 0 Å². The van der Waals surface area contributed by atoms with Crippen LogP contribution in [0.2, 0.25) is 0 Å². The molecule has 5 nitrogen and oxygen atoms in total. The topological polar surface area (TPSA) is 58.8 Å². The van der Waals surface area contributed by atoms with Gasteiger partial charge < -0.3 is 14.7 Å². The van der Waals surface area contributed by atoms with Crippen LogP contribution in [0.3, 0.4) is 0 Å². The smallest absolute Gasteiger partial charge is 0.218 e. The molecule has 1 aliphatic rings. The minimum absolute atomic E-state index is 0.204. The molecular formula is C14H12N4OS. The lowest BCUT2D eigenvalue weighted by Gasteiger charge is -2.13. The second-order valence-electron chi connectivity index (χ2n) is 4.81. The quantitative estimate of drug-likeness (QED) is 0.528. The van der Waals surface area contributed by atoms with Gasteiger partial charge in [0.05, 0.1) is 35.6 Å². The molecule has 100 valence electrons. The van der Waals surface area contributed by atoms with Gasteiger partial charge in [0, 0.05) is 6.42 Å². The number of aromatic hydroxyl groups is 1. The van der Waals surface area contributed by atoms with Gasteiger partial charge in [-0.25, -0.2) is 4.98 Å². The van der Waals surface area contributed by atoms with E-state index in [0.717, 1.165) is 22.8 Å². The average molecular weight is 284 g/mol. The van der Waals surface area contributed by atoms with Crippen LogP contribution in [0.1, 0.15) is 17.1 Å². The van der Waals surface area contributed by atoms with Crippen molar-refractivity contribution < 1.29 is 5.11 Å². The number of fused-ring (bicyclic) bond motifs is 2. The zero-order chi connectivity index (χ0) is 13.7. The lowest BCUT2D eigenvalue weighted by atomic mass is 10.1. The summed E-state index contributed by atoms with van der Waals surface area (Å²) in [5.74, 6) is 0.204. The van der Waals surface area contributed by atoms with Crippen molar-refractivity contribution >= 4 is 12.2 Å². The Labute approximate surface area is 120 Å². The van der Waals surface area contributed by atoms with Crippen LogP contribution in [-0.4, -0.2) is 24.2 Å². The highest BCUT2D eigenvalue weighted by Crippen LogP contribution is 2.31. The van der Waals surface area contributed by atoms with E-state index in [1.165, 1.54) is 0 Å². The maximum atomic E-state index is 10.5. The van der Waals surface area contributed by atoms with Crippen LogP contribution in [0.15, 0.2) is 36.7 Å². The first-order chi connectivity index (χ1) is 9.75. The molecule has 0 spiro atoms. The van der Waals surface area contributed by atoms with Gasteiger partial charge in [0.15, 0.2) is 4.77 Å². The largest absolute Gasteiger partial charge is 0.493 e. The molecular weight excluding hydrogens is 272 g/mol. The summed E-state index contributed by atoms with van der Waals surface area (Å²) >= 11 is 5.52. The van der Waals surface area contributed by atoms with Crippen molar-refractivity contribution in [2.24, 2.45) is 0 Å². The highest BCUT2D eigenvalue weighted by atomic mass is 32.1. The van der Waals surface area contributed by atoms with E-state index in [1.54, 1.807) is 10.9 Å². The number of aromatic nitrogens is 4. The highest BCUT2D eigenvalue weighted by Gasteiger charge is 2.25. The fourth-order valence-electron chi connectivity index (χ4n) is 2.68. The minimum atomic E-state index is 0.204. The third-order valence-electron chi connectivity index (χ3n) is 3.69. The predicted molar refractivity (Wildman–Crippen MR) is 76.8 cm³/mol. The second-order valence-corrected chi connectivity index (χ2v) is 5.18. The van der Waals surface area contributed by atoms with Crippen molar-refractivity contribution in [3.05, 3.63) is 58.5 Å². The van der Waals surface area contributed by atoms with E-state index in [-0.39, 0.29) is 5.88 Å². The number of imidazole rings is 2. The van der Waals surface area contributed by atoms with Crippen LogP contribution in [0.5, 0.6) is 5.88 Å². The molecule has 0 atom stereocenters. The van der Waals surface area contributed by atoms with Gasteiger partial charge in [-0.05, 0) is 24.4 Å². The molecule has 0 radical (unpaired) electrons. The summed E-state index contributed by atoms with van der Waals surface area (Å²) in [5, 5.41) is 10.5. The first-order valence-corrected chi connectivity index (χ1v) is 6.76. The minimum Gasteiger partial charge on any atom is -0.493 e. The Morgan fingerprint density at radius 1 is 1.25 bits per heavy atom. The van der Waals surface area contributed by atoms with Gasteiger partial charge in [0.1, 0.15) is 0 Å². The molecule has 3 heterocycles. The van der Waals surface area contributed by atoms with Crippen molar-refractivity contribution in [2.75, 3.05) is 0 Å². The molecule has 0 saturated carbocycles. The Bertz CT molecular complexity index is 844. The van der Waals surface area contributed by atoms with E-state index in [0.29, 0.717) is 17.7 Å². The van der Waals surface area contributed by atoms with Crippen molar-refractivity contribution in [1.82, 2.24) is 19.1 Å². The second kappa shape index (κ2) is 4.08. The summed E-state index contributed by atoms with van der Waals surface area (Å²) in [4.78, 5) is 7.41. The van der Waals surface area contributed by atoms with E-state index in [4.69, 9.17) is 12.2 Å². The van der Waals surface area contributed by atoms with Gasteiger partial charge in [-0.2, -0.15) is 0 Å². The predicted octanol–water partition coefficient (Wildman–Crippen LogP) is 2.39. The Morgan fingerprint density at radius 3 is 2.85 bits per heavy atom. The molecule has 0 aliphatic carbocycles. The molecule has 1 aromatic carbocycles. The lowest BCUT2D eigenvalue weighted by molar-refractivity contribution is 0.434. The van der Waals surface area contributed by atoms with Gasteiger partial charge in [-0.3, -0.25) is 4.57 Å². The molecule has 0 fully saturated rings. The molecule has 0 saturated heterocycles. The van der Waals surface area contributed by atoms with Crippen molar-refractivity contribution in [2.45, 2.75) is 13.0 Å². The van der Waals surface area contributed by atoms with Crippen LogP contribution in [-0.2, 0) is 13.0 Å². The number of benzene rings is 1. The Balaban J connectivity index is 1.94. The van der Waals surface area contributed by atoms with Crippen molar-refractivity contribution in [3.63, 3.8) is 0 Å². The van der Waals surface area contributed by atoms with Crippen LogP contribution >= 0.6 is 12.2 Å². The van der Waals surface area contributed by atoms with Crippen molar-refractivity contribution in [1.29, 1.82) is 0 Å². The number of hydrogen-bond donors (Lipinski definition) is 2. The summed E-state index contributed by atoms with van der Waals surface area (Å²) in [6, 6.07) is 9.65. The van der Waals surface area contributed by atoms with Crippen LogP contribution in [0, 0.1) is 4.77 Å². The van der Waals surface area contributed by atoms with Crippen LogP contribution in [0.25, 0.3) is 5.69 Å². The number of nitrogens with zero attached hydrogens (tertiary/aromatic N) is 3. The molecule has 2 aromatic heterocycles. The molecule has 0 amide bonds. The first kappa shape index (κ1) is 11.5. The Morgan fingerprint density at radius 2 is 2.05 bits per heavy atom. The summed E-state index contributed by atoms with van der Waals surface area (Å²) < 4.78 is 4.26. The first-order valence-electron chi connectivity index (χ1n) is 6.35. The van der Waals surface area contributed by atoms with E-state index in [2.05, 4.69) is 9.97 Å². The van der Waals surface area contributed by atoms with Gasteiger partial charge >= 0.3 is 0 Å². The molecule has 0 unspecified atom stereocenters. The van der Waals surface area contributed by atoms with Gasteiger partial charge in [0.2, 0.25) is 5.88 Å². The van der Waals surface area contributed by atoms with E-state index in [1.807, 2.05) is 34.9 Å². The molecule has 6 heteroatoms. The normalized spacial score (nSPS) is 13.0. The average Bonchev–Trinajstić information content (AvgIpc) is 3.02. The molecule has 20 heavy (non-hydrogen) atoms. The number of rotatable bonds is 1. The zero-order valence-corrected chi connectivity index (χ0v) is 11.4. The third kappa shape index (κ3) is 1.48. The molecule has 4 rings (SSSR count). The third-order valence-corrected chi connectivity index (χ3v) is 4.09. The Hall–Kier alpha value is -2.34. The van der Waals surface area contributed by atoms with Gasteiger partial charge in [-0.15, -0.1) is 0 Å². The summed E-state index contributed by atoms with van der Waals surface area (Å²) in [5.41, 5.74) is 3.71.